The third-order valence-corrected chi connectivity index (χ3v) is 4.54. The molecule has 0 spiro atoms. The Bertz CT molecular complexity index is 882. The van der Waals surface area contributed by atoms with Crippen LogP contribution in [0.15, 0.2) is 16.9 Å². The molecule has 26 heavy (non-hydrogen) atoms. The molecule has 0 unspecified atom stereocenters. The van der Waals surface area contributed by atoms with Crippen LogP contribution in [-0.2, 0) is 25.8 Å². The number of halogens is 2. The average molecular weight is 381 g/mol. The van der Waals surface area contributed by atoms with Crippen molar-refractivity contribution < 1.29 is 9.18 Å². The van der Waals surface area contributed by atoms with Crippen LogP contribution in [0.2, 0.25) is 0 Å². The standard InChI is InChI=1S/C18H21FN4O2.ClH/c1-3-11-13(4-2)22-23-18(25)15(11)17(24)21-14-6-5-10-9-20-8-7-12(10)16(14)19;/h5-6,20H,3-4,7-9H2,1-2H3,(H,21,24)(H,23,25);1H. The number of anilines is 1. The Morgan fingerprint density at radius 3 is 2.77 bits per heavy atom. The lowest BCUT2D eigenvalue weighted by Gasteiger charge is -2.19. The Balaban J connectivity index is 0.00000243. The smallest absolute Gasteiger partial charge is 0.277 e. The molecule has 0 fully saturated rings. The minimum Gasteiger partial charge on any atom is -0.319 e. The van der Waals surface area contributed by atoms with E-state index in [1.165, 1.54) is 0 Å². The molecule has 0 radical (unpaired) electrons. The predicted molar refractivity (Wildman–Crippen MR) is 101 cm³/mol. The number of carbonyl (C=O) groups is 1. The lowest BCUT2D eigenvalue weighted by molar-refractivity contribution is 0.102. The maximum absolute atomic E-state index is 14.7. The summed E-state index contributed by atoms with van der Waals surface area (Å²) in [5.41, 5.74) is 2.33. The van der Waals surface area contributed by atoms with E-state index in [9.17, 15) is 14.0 Å². The summed E-state index contributed by atoms with van der Waals surface area (Å²) in [4.78, 5) is 24.8. The van der Waals surface area contributed by atoms with Crippen molar-refractivity contribution in [2.45, 2.75) is 39.7 Å². The quantitative estimate of drug-likeness (QED) is 0.759. The third kappa shape index (κ3) is 3.64. The van der Waals surface area contributed by atoms with Crippen molar-refractivity contribution in [3.63, 3.8) is 0 Å². The number of nitrogens with zero attached hydrogens (tertiary/aromatic N) is 1. The Kier molecular flexibility index (Phi) is 6.50. The van der Waals surface area contributed by atoms with Crippen molar-refractivity contribution in [2.24, 2.45) is 0 Å². The number of hydrogen-bond donors (Lipinski definition) is 3. The minimum absolute atomic E-state index is 0. The number of rotatable bonds is 4. The largest absolute Gasteiger partial charge is 0.319 e. The zero-order chi connectivity index (χ0) is 18.0. The Labute approximate surface area is 157 Å². The van der Waals surface area contributed by atoms with Crippen LogP contribution in [0.4, 0.5) is 10.1 Å². The molecule has 1 aromatic heterocycles. The van der Waals surface area contributed by atoms with Crippen LogP contribution in [0.1, 0.15) is 46.6 Å². The number of aryl methyl sites for hydroxylation is 1. The number of fused-ring (bicyclic) bond motifs is 1. The van der Waals surface area contributed by atoms with Gasteiger partial charge in [-0.25, -0.2) is 9.49 Å². The molecule has 0 saturated carbocycles. The lowest BCUT2D eigenvalue weighted by Crippen LogP contribution is -2.29. The van der Waals surface area contributed by atoms with Crippen molar-refractivity contribution in [3.8, 4) is 0 Å². The highest BCUT2D eigenvalue weighted by Crippen LogP contribution is 2.25. The van der Waals surface area contributed by atoms with E-state index in [2.05, 4.69) is 20.8 Å². The van der Waals surface area contributed by atoms with Crippen molar-refractivity contribution >= 4 is 24.0 Å². The highest BCUT2D eigenvalue weighted by Gasteiger charge is 2.22. The summed E-state index contributed by atoms with van der Waals surface area (Å²) in [5.74, 6) is -1.03. The second-order valence-corrected chi connectivity index (χ2v) is 6.01. The number of benzene rings is 1. The van der Waals surface area contributed by atoms with Crippen LogP contribution >= 0.6 is 12.4 Å². The number of amides is 1. The third-order valence-electron chi connectivity index (χ3n) is 4.54. The normalized spacial score (nSPS) is 12.9. The van der Waals surface area contributed by atoms with Crippen LogP contribution in [0.3, 0.4) is 0 Å². The van der Waals surface area contributed by atoms with Crippen LogP contribution in [0.25, 0.3) is 0 Å². The number of aromatic amines is 1. The molecule has 0 aliphatic carbocycles. The van der Waals surface area contributed by atoms with E-state index in [-0.39, 0.29) is 23.7 Å². The van der Waals surface area contributed by atoms with E-state index in [0.29, 0.717) is 49.2 Å². The summed E-state index contributed by atoms with van der Waals surface area (Å²) in [5, 5.41) is 12.1. The summed E-state index contributed by atoms with van der Waals surface area (Å²) in [6.45, 7) is 5.08. The van der Waals surface area contributed by atoms with Crippen LogP contribution in [0.5, 0.6) is 0 Å². The Morgan fingerprint density at radius 1 is 1.31 bits per heavy atom. The SMILES string of the molecule is CCc1n[nH]c(=O)c(C(=O)Nc2ccc3c(c2F)CCNC3)c1CC.Cl. The monoisotopic (exact) mass is 380 g/mol. The van der Waals surface area contributed by atoms with Gasteiger partial charge in [-0.05, 0) is 48.6 Å². The number of carbonyl (C=O) groups excluding carboxylic acids is 1. The molecular formula is C18H22ClFN4O2. The molecule has 6 nitrogen and oxygen atoms in total. The molecule has 1 aliphatic heterocycles. The minimum atomic E-state index is -0.608. The molecule has 1 amide bonds. The first-order valence-electron chi connectivity index (χ1n) is 8.49. The van der Waals surface area contributed by atoms with Crippen molar-refractivity contribution in [3.05, 3.63) is 56.3 Å². The predicted octanol–water partition coefficient (Wildman–Crippen LogP) is 2.35. The zero-order valence-corrected chi connectivity index (χ0v) is 15.6. The summed E-state index contributed by atoms with van der Waals surface area (Å²) in [7, 11) is 0. The first kappa shape index (κ1) is 20.1. The molecule has 2 aromatic rings. The lowest BCUT2D eigenvalue weighted by atomic mass is 9.99. The molecule has 2 heterocycles. The zero-order valence-electron chi connectivity index (χ0n) is 14.7. The summed E-state index contributed by atoms with van der Waals surface area (Å²) >= 11 is 0. The molecule has 140 valence electrons. The summed E-state index contributed by atoms with van der Waals surface area (Å²) in [6, 6.07) is 3.34. The van der Waals surface area contributed by atoms with Gasteiger partial charge in [0.1, 0.15) is 11.4 Å². The Morgan fingerprint density at radius 2 is 2.08 bits per heavy atom. The fourth-order valence-electron chi connectivity index (χ4n) is 3.25. The molecule has 3 N–H and O–H groups in total. The molecule has 0 saturated heterocycles. The highest BCUT2D eigenvalue weighted by atomic mass is 35.5. The van der Waals surface area contributed by atoms with E-state index >= 15 is 0 Å². The van der Waals surface area contributed by atoms with Crippen molar-refractivity contribution in [2.75, 3.05) is 11.9 Å². The van der Waals surface area contributed by atoms with Gasteiger partial charge in [-0.3, -0.25) is 9.59 Å². The fourth-order valence-corrected chi connectivity index (χ4v) is 3.25. The topological polar surface area (TPSA) is 86.9 Å². The molecule has 0 atom stereocenters. The number of H-pyrrole nitrogens is 1. The van der Waals surface area contributed by atoms with Gasteiger partial charge in [-0.2, -0.15) is 5.10 Å². The molecular weight excluding hydrogens is 359 g/mol. The number of aromatic nitrogens is 2. The fraction of sp³-hybridized carbons (Fsp3) is 0.389. The van der Waals surface area contributed by atoms with E-state index < -0.39 is 17.3 Å². The number of hydrogen-bond acceptors (Lipinski definition) is 4. The van der Waals surface area contributed by atoms with Crippen molar-refractivity contribution in [1.82, 2.24) is 15.5 Å². The average Bonchev–Trinajstić information content (AvgIpc) is 2.63. The molecule has 3 rings (SSSR count). The van der Waals surface area contributed by atoms with E-state index in [1.54, 1.807) is 12.1 Å². The van der Waals surface area contributed by atoms with E-state index in [0.717, 1.165) is 5.56 Å². The maximum atomic E-state index is 14.7. The summed E-state index contributed by atoms with van der Waals surface area (Å²) in [6.07, 6.45) is 1.67. The van der Waals surface area contributed by atoms with Crippen LogP contribution in [-0.4, -0.2) is 22.6 Å². The van der Waals surface area contributed by atoms with Gasteiger partial charge < -0.3 is 10.6 Å². The summed E-state index contributed by atoms with van der Waals surface area (Å²) < 4.78 is 14.7. The molecule has 8 heteroatoms. The van der Waals surface area contributed by atoms with Gasteiger partial charge in [0.05, 0.1) is 11.4 Å². The van der Waals surface area contributed by atoms with Gasteiger partial charge >= 0.3 is 0 Å². The van der Waals surface area contributed by atoms with Gasteiger partial charge in [0.2, 0.25) is 0 Å². The van der Waals surface area contributed by atoms with Gasteiger partial charge in [0, 0.05) is 6.54 Å². The Hall–Kier alpha value is -2.25. The molecule has 1 aromatic carbocycles. The van der Waals surface area contributed by atoms with Gasteiger partial charge in [-0.1, -0.05) is 19.9 Å². The van der Waals surface area contributed by atoms with Crippen molar-refractivity contribution in [1.29, 1.82) is 0 Å². The van der Waals surface area contributed by atoms with Crippen LogP contribution in [0, 0.1) is 5.82 Å². The van der Waals surface area contributed by atoms with E-state index in [1.807, 2.05) is 13.8 Å². The first-order chi connectivity index (χ1) is 12.1. The second-order valence-electron chi connectivity index (χ2n) is 6.01. The van der Waals surface area contributed by atoms with Gasteiger partial charge in [-0.15, -0.1) is 12.4 Å². The highest BCUT2D eigenvalue weighted by molar-refractivity contribution is 6.05. The number of nitrogens with one attached hydrogen (secondary N) is 3. The molecule has 0 bridgehead atoms. The van der Waals surface area contributed by atoms with Gasteiger partial charge in [0.15, 0.2) is 0 Å². The first-order valence-corrected chi connectivity index (χ1v) is 8.49. The van der Waals surface area contributed by atoms with E-state index in [4.69, 9.17) is 0 Å². The van der Waals surface area contributed by atoms with Crippen LogP contribution < -0.4 is 16.2 Å². The van der Waals surface area contributed by atoms with Gasteiger partial charge in [0.25, 0.3) is 11.5 Å². The second kappa shape index (κ2) is 8.42. The maximum Gasteiger partial charge on any atom is 0.277 e. The molecule has 1 aliphatic rings.